The first kappa shape index (κ1) is 18.4. The van der Waals surface area contributed by atoms with Crippen LogP contribution in [0, 0.1) is 6.92 Å². The third kappa shape index (κ3) is 3.12. The molecule has 5 rings (SSSR count). The second-order valence-electron chi connectivity index (χ2n) is 7.85. The van der Waals surface area contributed by atoms with Crippen LogP contribution in [0.5, 0.6) is 0 Å². The molecule has 0 saturated heterocycles. The van der Waals surface area contributed by atoms with E-state index in [-0.39, 0.29) is 11.5 Å². The van der Waals surface area contributed by atoms with Crippen molar-refractivity contribution in [2.75, 3.05) is 17.7 Å². The van der Waals surface area contributed by atoms with E-state index in [1.807, 2.05) is 50.6 Å². The van der Waals surface area contributed by atoms with E-state index in [9.17, 15) is 9.59 Å². The van der Waals surface area contributed by atoms with Crippen LogP contribution in [-0.2, 0) is 6.54 Å². The maximum absolute atomic E-state index is 12.3. The molecule has 1 amide bonds. The molecule has 1 saturated carbocycles. The van der Waals surface area contributed by atoms with E-state index in [2.05, 4.69) is 20.9 Å². The number of fused-ring (bicyclic) bond motifs is 1. The molecule has 0 spiro atoms. The van der Waals surface area contributed by atoms with Gasteiger partial charge in [-0.15, -0.1) is 0 Å². The highest BCUT2D eigenvalue weighted by atomic mass is 16.2. The fraction of sp³-hybridized carbons (Fsp3) is 0.261. The minimum absolute atomic E-state index is 0.00759. The summed E-state index contributed by atoms with van der Waals surface area (Å²) in [6, 6.07) is 9.81. The average Bonchev–Trinajstić information content (AvgIpc) is 3.50. The Labute approximate surface area is 174 Å². The summed E-state index contributed by atoms with van der Waals surface area (Å²) in [5.41, 5.74) is 6.28. The Hall–Kier alpha value is -3.61. The smallest absolute Gasteiger partial charge is 0.254 e. The molecule has 3 N–H and O–H groups in total. The van der Waals surface area contributed by atoms with E-state index in [0.29, 0.717) is 24.0 Å². The van der Waals surface area contributed by atoms with Crippen LogP contribution >= 0.6 is 0 Å². The number of nitrogens with zero attached hydrogens (tertiary/aromatic N) is 2. The summed E-state index contributed by atoms with van der Waals surface area (Å²) < 4.78 is 1.79. The van der Waals surface area contributed by atoms with E-state index >= 15 is 0 Å². The SMILES string of the molecule is CNc1ccc(-c2cnc(Nc3ccn(C4CC4)c(=O)c3)cc2C)c2c1C(=O)NC2. The zero-order valence-corrected chi connectivity index (χ0v) is 17.0. The van der Waals surface area contributed by atoms with Crippen LogP contribution in [0.1, 0.15) is 40.4 Å². The number of amides is 1. The third-order valence-corrected chi connectivity index (χ3v) is 5.80. The number of benzene rings is 1. The van der Waals surface area contributed by atoms with Gasteiger partial charge in [-0.3, -0.25) is 9.59 Å². The molecule has 7 nitrogen and oxygen atoms in total. The Morgan fingerprint density at radius 2 is 1.97 bits per heavy atom. The fourth-order valence-electron chi connectivity index (χ4n) is 4.08. The molecular weight excluding hydrogens is 378 g/mol. The third-order valence-electron chi connectivity index (χ3n) is 5.80. The molecule has 3 heterocycles. The van der Waals surface area contributed by atoms with Crippen LogP contribution < -0.4 is 21.5 Å². The van der Waals surface area contributed by atoms with Crippen molar-refractivity contribution >= 4 is 23.1 Å². The van der Waals surface area contributed by atoms with Crippen molar-refractivity contribution in [1.29, 1.82) is 0 Å². The van der Waals surface area contributed by atoms with Gasteiger partial charge in [0.25, 0.3) is 11.5 Å². The molecule has 1 aromatic carbocycles. The lowest BCUT2D eigenvalue weighted by molar-refractivity contribution is 0.0966. The fourth-order valence-corrected chi connectivity index (χ4v) is 4.08. The molecular formula is C23H23N5O2. The van der Waals surface area contributed by atoms with Gasteiger partial charge in [-0.2, -0.15) is 0 Å². The Morgan fingerprint density at radius 1 is 1.13 bits per heavy atom. The molecule has 1 aliphatic carbocycles. The highest BCUT2D eigenvalue weighted by Gasteiger charge is 2.26. The van der Waals surface area contributed by atoms with Gasteiger partial charge in [0, 0.05) is 55.0 Å². The zero-order chi connectivity index (χ0) is 20.8. The highest BCUT2D eigenvalue weighted by Crippen LogP contribution is 2.36. The summed E-state index contributed by atoms with van der Waals surface area (Å²) in [6.45, 7) is 2.53. The van der Waals surface area contributed by atoms with Gasteiger partial charge in [0.1, 0.15) is 5.82 Å². The van der Waals surface area contributed by atoms with Gasteiger partial charge in [-0.25, -0.2) is 4.98 Å². The summed E-state index contributed by atoms with van der Waals surface area (Å²) in [4.78, 5) is 29.1. The summed E-state index contributed by atoms with van der Waals surface area (Å²) >= 11 is 0. The van der Waals surface area contributed by atoms with Gasteiger partial charge >= 0.3 is 0 Å². The molecule has 30 heavy (non-hydrogen) atoms. The molecule has 2 aromatic heterocycles. The van der Waals surface area contributed by atoms with Gasteiger partial charge in [-0.05, 0) is 54.7 Å². The number of pyridine rings is 2. The van der Waals surface area contributed by atoms with Gasteiger partial charge in [0.15, 0.2) is 0 Å². The lowest BCUT2D eigenvalue weighted by Crippen LogP contribution is -2.17. The van der Waals surface area contributed by atoms with Crippen molar-refractivity contribution in [3.05, 3.63) is 69.8 Å². The Balaban J connectivity index is 1.45. The number of hydrogen-bond acceptors (Lipinski definition) is 5. The number of nitrogens with one attached hydrogen (secondary N) is 3. The molecule has 152 valence electrons. The molecule has 2 aliphatic rings. The summed E-state index contributed by atoms with van der Waals surface area (Å²) in [5, 5.41) is 9.23. The van der Waals surface area contributed by atoms with E-state index in [4.69, 9.17) is 0 Å². The van der Waals surface area contributed by atoms with Crippen LogP contribution in [0.15, 0.2) is 47.5 Å². The normalized spacial score (nSPS) is 14.9. The topological polar surface area (TPSA) is 88.1 Å². The maximum atomic E-state index is 12.3. The summed E-state index contributed by atoms with van der Waals surface area (Å²) in [6.07, 6.45) is 5.82. The monoisotopic (exact) mass is 401 g/mol. The first-order chi connectivity index (χ1) is 14.5. The van der Waals surface area contributed by atoms with Crippen molar-refractivity contribution in [3.8, 4) is 11.1 Å². The molecule has 7 heteroatoms. The largest absolute Gasteiger partial charge is 0.387 e. The quantitative estimate of drug-likeness (QED) is 0.608. The first-order valence-electron chi connectivity index (χ1n) is 10.1. The molecule has 1 fully saturated rings. The predicted molar refractivity (Wildman–Crippen MR) is 117 cm³/mol. The van der Waals surface area contributed by atoms with Gasteiger partial charge < -0.3 is 20.5 Å². The number of anilines is 3. The molecule has 0 atom stereocenters. The van der Waals surface area contributed by atoms with E-state index in [1.165, 1.54) is 0 Å². The van der Waals surface area contributed by atoms with Crippen LogP contribution in [-0.4, -0.2) is 22.5 Å². The summed E-state index contributed by atoms with van der Waals surface area (Å²) in [7, 11) is 1.82. The lowest BCUT2D eigenvalue weighted by Gasteiger charge is -2.14. The van der Waals surface area contributed by atoms with Crippen LogP contribution in [0.25, 0.3) is 11.1 Å². The molecule has 1 aliphatic heterocycles. The van der Waals surface area contributed by atoms with Crippen molar-refractivity contribution in [2.24, 2.45) is 0 Å². The lowest BCUT2D eigenvalue weighted by atomic mass is 9.94. The molecule has 3 aromatic rings. The second-order valence-corrected chi connectivity index (χ2v) is 7.85. The van der Waals surface area contributed by atoms with E-state index in [1.54, 1.807) is 10.6 Å². The van der Waals surface area contributed by atoms with Crippen LogP contribution in [0.2, 0.25) is 0 Å². The van der Waals surface area contributed by atoms with Crippen LogP contribution in [0.4, 0.5) is 17.2 Å². The van der Waals surface area contributed by atoms with Crippen molar-refractivity contribution in [1.82, 2.24) is 14.9 Å². The van der Waals surface area contributed by atoms with E-state index < -0.39 is 0 Å². The minimum Gasteiger partial charge on any atom is -0.387 e. The van der Waals surface area contributed by atoms with Crippen LogP contribution in [0.3, 0.4) is 0 Å². The van der Waals surface area contributed by atoms with Gasteiger partial charge in [-0.1, -0.05) is 6.07 Å². The summed E-state index contributed by atoms with van der Waals surface area (Å²) in [5.74, 6) is 0.624. The number of carbonyl (C=O) groups excluding carboxylic acids is 1. The Kier molecular flexibility index (Phi) is 4.31. The average molecular weight is 401 g/mol. The number of aryl methyl sites for hydroxylation is 1. The molecule has 0 unspecified atom stereocenters. The zero-order valence-electron chi connectivity index (χ0n) is 17.0. The Bertz CT molecular complexity index is 1230. The van der Waals surface area contributed by atoms with Crippen molar-refractivity contribution in [3.63, 3.8) is 0 Å². The van der Waals surface area contributed by atoms with Gasteiger partial charge in [0.2, 0.25) is 0 Å². The first-order valence-corrected chi connectivity index (χ1v) is 10.1. The Morgan fingerprint density at radius 3 is 2.67 bits per heavy atom. The minimum atomic E-state index is -0.0546. The van der Waals surface area contributed by atoms with Crippen molar-refractivity contribution in [2.45, 2.75) is 32.4 Å². The number of aromatic nitrogens is 2. The molecule has 0 bridgehead atoms. The number of carbonyl (C=O) groups is 1. The molecule has 0 radical (unpaired) electrons. The second kappa shape index (κ2) is 7.02. The number of rotatable bonds is 5. The number of hydrogen-bond donors (Lipinski definition) is 3. The predicted octanol–water partition coefficient (Wildman–Crippen LogP) is 3.58. The van der Waals surface area contributed by atoms with E-state index in [0.717, 1.165) is 46.5 Å². The van der Waals surface area contributed by atoms with Crippen molar-refractivity contribution < 1.29 is 4.79 Å². The standard InChI is InChI=1S/C23H23N5O2/c1-13-9-20(27-14-7-8-28(15-3-4-15)21(29)10-14)25-11-17(13)16-5-6-19(24-2)22-18(16)12-26-23(22)30/h5-11,15,24H,3-4,12H2,1-2H3,(H,25,27)(H,26,30). The maximum Gasteiger partial charge on any atom is 0.254 e. The highest BCUT2D eigenvalue weighted by molar-refractivity contribution is 6.05. The van der Waals surface area contributed by atoms with Gasteiger partial charge in [0.05, 0.1) is 5.56 Å².